The Labute approximate surface area is 191 Å². The zero-order chi connectivity index (χ0) is 22.7. The summed E-state index contributed by atoms with van der Waals surface area (Å²) < 4.78 is 23.5. The number of hydrogen-bond acceptors (Lipinski definition) is 8. The van der Waals surface area contributed by atoms with Gasteiger partial charge >= 0.3 is 0 Å². The van der Waals surface area contributed by atoms with Crippen LogP contribution < -0.4 is 20.3 Å². The SMILES string of the molecule is CCNc1ncc2cc(-c3cccc(NSc4cc(Cl)cnc4OC)c3F)c(=O)[nH]c2n1. The van der Waals surface area contributed by atoms with Crippen molar-refractivity contribution in [3.63, 3.8) is 0 Å². The number of hydrogen-bond donors (Lipinski definition) is 3. The molecule has 4 rings (SSSR count). The van der Waals surface area contributed by atoms with Gasteiger partial charge < -0.3 is 19.8 Å². The van der Waals surface area contributed by atoms with Crippen molar-refractivity contribution in [3.05, 3.63) is 63.9 Å². The second-order valence-corrected chi connectivity index (χ2v) is 7.86. The van der Waals surface area contributed by atoms with E-state index in [1.807, 2.05) is 6.92 Å². The van der Waals surface area contributed by atoms with Crippen LogP contribution in [-0.4, -0.2) is 33.6 Å². The monoisotopic (exact) mass is 472 g/mol. The number of aromatic nitrogens is 4. The van der Waals surface area contributed by atoms with Crippen LogP contribution in [0.2, 0.25) is 5.02 Å². The third-order valence-corrected chi connectivity index (χ3v) is 5.51. The summed E-state index contributed by atoms with van der Waals surface area (Å²) >= 11 is 7.09. The van der Waals surface area contributed by atoms with Crippen LogP contribution in [0, 0.1) is 5.82 Å². The lowest BCUT2D eigenvalue weighted by atomic mass is 10.0. The van der Waals surface area contributed by atoms with Crippen LogP contribution in [0.4, 0.5) is 16.0 Å². The molecule has 0 atom stereocenters. The van der Waals surface area contributed by atoms with Gasteiger partial charge in [-0.15, -0.1) is 0 Å². The number of H-pyrrole nitrogens is 1. The van der Waals surface area contributed by atoms with Crippen LogP contribution in [0.15, 0.2) is 52.4 Å². The second kappa shape index (κ2) is 9.41. The summed E-state index contributed by atoms with van der Waals surface area (Å²) in [5, 5.41) is 3.99. The molecule has 0 fully saturated rings. The fourth-order valence-corrected chi connectivity index (χ4v) is 4.01. The first-order chi connectivity index (χ1) is 15.5. The zero-order valence-corrected chi connectivity index (χ0v) is 18.6. The lowest BCUT2D eigenvalue weighted by molar-refractivity contribution is 0.387. The summed E-state index contributed by atoms with van der Waals surface area (Å²) in [5.74, 6) is 0.180. The minimum absolute atomic E-state index is 0.144. The molecule has 3 N–H and O–H groups in total. The molecular weight excluding hydrogens is 455 g/mol. The van der Waals surface area contributed by atoms with Crippen molar-refractivity contribution >= 4 is 46.2 Å². The summed E-state index contributed by atoms with van der Waals surface area (Å²) in [6, 6.07) is 7.99. The number of benzene rings is 1. The van der Waals surface area contributed by atoms with E-state index in [-0.39, 0.29) is 16.8 Å². The number of pyridine rings is 2. The molecule has 0 amide bonds. The number of fused-ring (bicyclic) bond motifs is 1. The number of rotatable bonds is 7. The molecule has 0 aliphatic carbocycles. The third-order valence-electron chi connectivity index (χ3n) is 4.47. The topological polar surface area (TPSA) is 105 Å². The van der Waals surface area contributed by atoms with E-state index < -0.39 is 11.4 Å². The summed E-state index contributed by atoms with van der Waals surface area (Å²) in [6.07, 6.45) is 3.04. The number of halogens is 2. The molecule has 3 heterocycles. The van der Waals surface area contributed by atoms with Gasteiger partial charge in [0, 0.05) is 29.9 Å². The van der Waals surface area contributed by atoms with Crippen LogP contribution in [0.25, 0.3) is 22.2 Å². The highest BCUT2D eigenvalue weighted by atomic mass is 35.5. The molecule has 0 aliphatic rings. The Morgan fingerprint density at radius 3 is 2.84 bits per heavy atom. The van der Waals surface area contributed by atoms with Gasteiger partial charge in [-0.25, -0.2) is 14.4 Å². The normalized spacial score (nSPS) is 10.9. The Morgan fingerprint density at radius 1 is 1.22 bits per heavy atom. The van der Waals surface area contributed by atoms with Gasteiger partial charge in [0.1, 0.15) is 5.65 Å². The predicted octanol–water partition coefficient (Wildman–Crippen LogP) is 4.73. The molecule has 0 bridgehead atoms. The van der Waals surface area contributed by atoms with Crippen LogP contribution in [-0.2, 0) is 0 Å². The van der Waals surface area contributed by atoms with Gasteiger partial charge in [-0.3, -0.25) is 4.79 Å². The Morgan fingerprint density at radius 2 is 2.06 bits per heavy atom. The summed E-state index contributed by atoms with van der Waals surface area (Å²) in [4.78, 5) is 28.5. The van der Waals surface area contributed by atoms with E-state index in [1.165, 1.54) is 19.4 Å². The van der Waals surface area contributed by atoms with E-state index >= 15 is 4.39 Å². The predicted molar refractivity (Wildman–Crippen MR) is 125 cm³/mol. The van der Waals surface area contributed by atoms with Crippen LogP contribution in [0.1, 0.15) is 6.92 Å². The first-order valence-corrected chi connectivity index (χ1v) is 10.7. The quantitative estimate of drug-likeness (QED) is 0.331. The summed E-state index contributed by atoms with van der Waals surface area (Å²) in [5.41, 5.74) is 0.419. The Hall–Kier alpha value is -3.37. The highest BCUT2D eigenvalue weighted by Crippen LogP contribution is 2.33. The maximum Gasteiger partial charge on any atom is 0.257 e. The van der Waals surface area contributed by atoms with Crippen molar-refractivity contribution in [1.82, 2.24) is 19.9 Å². The number of methoxy groups -OCH3 is 1. The molecule has 8 nitrogen and oxygen atoms in total. The van der Waals surface area contributed by atoms with E-state index in [4.69, 9.17) is 16.3 Å². The largest absolute Gasteiger partial charge is 0.480 e. The Kier molecular flexibility index (Phi) is 6.42. The van der Waals surface area contributed by atoms with Gasteiger partial charge in [-0.2, -0.15) is 4.98 Å². The molecule has 32 heavy (non-hydrogen) atoms. The molecule has 4 aromatic rings. The molecule has 11 heteroatoms. The van der Waals surface area contributed by atoms with Gasteiger partial charge in [-0.1, -0.05) is 23.7 Å². The van der Waals surface area contributed by atoms with Gasteiger partial charge in [0.2, 0.25) is 11.8 Å². The van der Waals surface area contributed by atoms with E-state index in [0.29, 0.717) is 39.3 Å². The maximum atomic E-state index is 15.3. The number of nitrogens with zero attached hydrogens (tertiary/aromatic N) is 3. The van der Waals surface area contributed by atoms with Crippen molar-refractivity contribution in [3.8, 4) is 17.0 Å². The molecule has 0 aliphatic heterocycles. The first kappa shape index (κ1) is 21.8. The molecule has 164 valence electrons. The smallest absolute Gasteiger partial charge is 0.257 e. The molecule has 3 aromatic heterocycles. The van der Waals surface area contributed by atoms with Crippen LogP contribution in [0.5, 0.6) is 5.88 Å². The number of ether oxygens (including phenoxy) is 1. The van der Waals surface area contributed by atoms with Gasteiger partial charge in [0.25, 0.3) is 5.56 Å². The number of nitrogens with one attached hydrogen (secondary N) is 3. The van der Waals surface area contributed by atoms with Gasteiger partial charge in [0.05, 0.1) is 28.3 Å². The van der Waals surface area contributed by atoms with E-state index in [1.54, 1.807) is 30.5 Å². The van der Waals surface area contributed by atoms with Crippen molar-refractivity contribution in [2.75, 3.05) is 23.7 Å². The number of aromatic amines is 1. The molecule has 1 aromatic carbocycles. The summed E-state index contributed by atoms with van der Waals surface area (Å²) in [6.45, 7) is 2.56. The van der Waals surface area contributed by atoms with Crippen LogP contribution >= 0.6 is 23.5 Å². The molecule has 0 unspecified atom stereocenters. The molecule has 0 saturated carbocycles. The van der Waals surface area contributed by atoms with Crippen molar-refractivity contribution in [1.29, 1.82) is 0 Å². The Bertz CT molecular complexity index is 1350. The average Bonchev–Trinajstić information content (AvgIpc) is 2.78. The zero-order valence-electron chi connectivity index (χ0n) is 17.1. The van der Waals surface area contributed by atoms with E-state index in [9.17, 15) is 4.79 Å². The standard InChI is InChI=1S/C21H18ClFN6O2S/c1-3-24-21-26-9-11-7-14(19(30)27-18(11)28-21)13-5-4-6-15(17(13)23)29-32-16-8-12(22)10-25-20(16)31-2/h4-10,29H,3H2,1-2H3,(H2,24,26,27,28,30). The Balaban J connectivity index is 1.67. The molecule has 0 radical (unpaired) electrons. The second-order valence-electron chi connectivity index (χ2n) is 6.57. The average molecular weight is 473 g/mol. The van der Waals surface area contributed by atoms with Crippen LogP contribution in [0.3, 0.4) is 0 Å². The molecule has 0 saturated heterocycles. The molecular formula is C21H18ClFN6O2S. The fourth-order valence-electron chi connectivity index (χ4n) is 3.00. The van der Waals surface area contributed by atoms with Gasteiger partial charge in [0.15, 0.2) is 5.82 Å². The van der Waals surface area contributed by atoms with Crippen molar-refractivity contribution in [2.24, 2.45) is 0 Å². The van der Waals surface area contributed by atoms with Gasteiger partial charge in [-0.05, 0) is 37.1 Å². The first-order valence-electron chi connectivity index (χ1n) is 9.55. The minimum atomic E-state index is -0.580. The van der Waals surface area contributed by atoms with E-state index in [0.717, 1.165) is 11.9 Å². The summed E-state index contributed by atoms with van der Waals surface area (Å²) in [7, 11) is 1.48. The van der Waals surface area contributed by atoms with E-state index in [2.05, 4.69) is 30.0 Å². The third kappa shape index (κ3) is 4.46. The lowest BCUT2D eigenvalue weighted by Crippen LogP contribution is -2.12. The highest BCUT2D eigenvalue weighted by Gasteiger charge is 2.16. The highest BCUT2D eigenvalue weighted by molar-refractivity contribution is 8.00. The fraction of sp³-hybridized carbons (Fsp3) is 0.143. The lowest BCUT2D eigenvalue weighted by Gasteiger charge is -2.12. The van der Waals surface area contributed by atoms with Crippen molar-refractivity contribution in [2.45, 2.75) is 11.8 Å². The van der Waals surface area contributed by atoms with Crippen molar-refractivity contribution < 1.29 is 9.13 Å². The maximum absolute atomic E-state index is 15.3. The minimum Gasteiger partial charge on any atom is -0.480 e. The molecule has 0 spiro atoms. The number of anilines is 2.